The number of rotatable bonds is 3. The maximum atomic E-state index is 6.72. The Morgan fingerprint density at radius 2 is 1.85 bits per heavy atom. The van der Waals surface area contributed by atoms with E-state index in [1.54, 1.807) is 7.11 Å². The van der Waals surface area contributed by atoms with Gasteiger partial charge in [-0.25, -0.2) is 0 Å². The average molecular weight is 287 g/mol. The molecule has 0 spiro atoms. The third-order valence-corrected chi connectivity index (χ3v) is 4.82. The molecule has 1 aliphatic carbocycles. The fraction of sp³-hybridized carbons (Fsp3) is 0.333. The summed E-state index contributed by atoms with van der Waals surface area (Å²) >= 11 is 6.72. The molecule has 2 atom stereocenters. The molecule has 2 aromatic carbocycles. The minimum Gasteiger partial charge on any atom is -0.496 e. The van der Waals surface area contributed by atoms with Crippen molar-refractivity contribution < 1.29 is 4.74 Å². The molecule has 2 heteroatoms. The summed E-state index contributed by atoms with van der Waals surface area (Å²) in [6.45, 7) is 0. The van der Waals surface area contributed by atoms with Gasteiger partial charge in [0, 0.05) is 0 Å². The second-order valence-electron chi connectivity index (χ2n) is 5.42. The van der Waals surface area contributed by atoms with Crippen molar-refractivity contribution in [1.29, 1.82) is 0 Å². The van der Waals surface area contributed by atoms with E-state index >= 15 is 0 Å². The molecule has 0 radical (unpaired) electrons. The average Bonchev–Trinajstić information content (AvgIpc) is 2.51. The second kappa shape index (κ2) is 5.88. The lowest BCUT2D eigenvalue weighted by Gasteiger charge is -2.30. The highest BCUT2D eigenvalue weighted by Crippen LogP contribution is 2.41. The Morgan fingerprint density at radius 3 is 2.70 bits per heavy atom. The summed E-state index contributed by atoms with van der Waals surface area (Å²) in [4.78, 5) is 0. The Labute approximate surface area is 125 Å². The Bertz CT molecular complexity index is 593. The van der Waals surface area contributed by atoms with Gasteiger partial charge in [-0.3, -0.25) is 0 Å². The minimum absolute atomic E-state index is 0.102. The van der Waals surface area contributed by atoms with Crippen molar-refractivity contribution in [2.45, 2.75) is 24.6 Å². The van der Waals surface area contributed by atoms with Crippen molar-refractivity contribution in [3.8, 4) is 5.75 Å². The van der Waals surface area contributed by atoms with E-state index < -0.39 is 0 Å². The minimum atomic E-state index is 0.102. The predicted molar refractivity (Wildman–Crippen MR) is 83.5 cm³/mol. The van der Waals surface area contributed by atoms with E-state index in [4.69, 9.17) is 16.3 Å². The quantitative estimate of drug-likeness (QED) is 0.738. The van der Waals surface area contributed by atoms with Gasteiger partial charge in [0.15, 0.2) is 0 Å². The number of aryl methyl sites for hydroxylation is 1. The number of halogens is 1. The zero-order valence-electron chi connectivity index (χ0n) is 11.7. The van der Waals surface area contributed by atoms with E-state index in [2.05, 4.69) is 36.4 Å². The summed E-state index contributed by atoms with van der Waals surface area (Å²) in [6, 6.07) is 16.8. The van der Waals surface area contributed by atoms with Gasteiger partial charge in [0.05, 0.1) is 12.5 Å². The van der Waals surface area contributed by atoms with Crippen molar-refractivity contribution in [1.82, 2.24) is 0 Å². The molecule has 0 heterocycles. The number of ether oxygens (including phenoxy) is 1. The van der Waals surface area contributed by atoms with Crippen LogP contribution in [0.1, 0.15) is 28.5 Å². The van der Waals surface area contributed by atoms with E-state index in [0.29, 0.717) is 5.92 Å². The molecular formula is C18H19ClO. The SMILES string of the molecule is COc1ccccc1CC1CCc2ccccc2C1Cl. The van der Waals surface area contributed by atoms with Crippen molar-refractivity contribution in [2.75, 3.05) is 7.11 Å². The molecule has 0 amide bonds. The van der Waals surface area contributed by atoms with E-state index in [9.17, 15) is 0 Å². The zero-order valence-corrected chi connectivity index (χ0v) is 12.4. The van der Waals surface area contributed by atoms with E-state index in [0.717, 1.165) is 25.0 Å². The lowest BCUT2D eigenvalue weighted by atomic mass is 9.80. The van der Waals surface area contributed by atoms with Crippen LogP contribution in [0.5, 0.6) is 5.75 Å². The van der Waals surface area contributed by atoms with Gasteiger partial charge < -0.3 is 4.74 Å². The third kappa shape index (κ3) is 2.55. The lowest BCUT2D eigenvalue weighted by Crippen LogP contribution is -2.19. The molecule has 0 fully saturated rings. The first kappa shape index (κ1) is 13.5. The molecule has 1 nitrogen and oxygen atoms in total. The number of hydrogen-bond donors (Lipinski definition) is 0. The Morgan fingerprint density at radius 1 is 1.10 bits per heavy atom. The van der Waals surface area contributed by atoms with Gasteiger partial charge in [-0.1, -0.05) is 42.5 Å². The largest absolute Gasteiger partial charge is 0.496 e. The van der Waals surface area contributed by atoms with Crippen molar-refractivity contribution in [3.05, 3.63) is 65.2 Å². The topological polar surface area (TPSA) is 9.23 Å². The number of para-hydroxylation sites is 1. The molecule has 20 heavy (non-hydrogen) atoms. The summed E-state index contributed by atoms with van der Waals surface area (Å²) < 4.78 is 5.45. The Balaban J connectivity index is 1.83. The van der Waals surface area contributed by atoms with Crippen LogP contribution in [0.3, 0.4) is 0 Å². The third-order valence-electron chi connectivity index (χ3n) is 4.23. The summed E-state index contributed by atoms with van der Waals surface area (Å²) in [7, 11) is 1.73. The van der Waals surface area contributed by atoms with Gasteiger partial charge in [0.25, 0.3) is 0 Å². The predicted octanol–water partition coefficient (Wildman–Crippen LogP) is 4.78. The van der Waals surface area contributed by atoms with Crippen LogP contribution in [0.15, 0.2) is 48.5 Å². The normalized spacial score (nSPS) is 21.3. The summed E-state index contributed by atoms with van der Waals surface area (Å²) in [5.41, 5.74) is 3.97. The van der Waals surface area contributed by atoms with Crippen molar-refractivity contribution in [2.24, 2.45) is 5.92 Å². The number of methoxy groups -OCH3 is 1. The van der Waals surface area contributed by atoms with Crippen molar-refractivity contribution in [3.63, 3.8) is 0 Å². The molecule has 0 saturated carbocycles. The van der Waals surface area contributed by atoms with Gasteiger partial charge in [0.1, 0.15) is 5.75 Å². The monoisotopic (exact) mass is 286 g/mol. The summed E-state index contributed by atoms with van der Waals surface area (Å²) in [5.74, 6) is 1.44. The van der Waals surface area contributed by atoms with Crippen LogP contribution in [-0.2, 0) is 12.8 Å². The van der Waals surface area contributed by atoms with Crippen LogP contribution in [0, 0.1) is 5.92 Å². The fourth-order valence-corrected chi connectivity index (χ4v) is 3.56. The highest BCUT2D eigenvalue weighted by Gasteiger charge is 2.28. The molecule has 0 bridgehead atoms. The molecule has 0 aliphatic heterocycles. The number of alkyl halides is 1. The van der Waals surface area contributed by atoms with Gasteiger partial charge in [-0.05, 0) is 47.9 Å². The Hall–Kier alpha value is -1.47. The van der Waals surface area contributed by atoms with E-state index in [1.807, 2.05) is 12.1 Å². The van der Waals surface area contributed by atoms with Gasteiger partial charge in [-0.15, -0.1) is 11.6 Å². The number of benzene rings is 2. The standard InChI is InChI=1S/C18H19ClO/c1-20-17-9-5-3-7-14(17)12-15-11-10-13-6-2-4-8-16(13)18(15)19/h2-9,15,18H,10-12H2,1H3. The number of hydrogen-bond acceptors (Lipinski definition) is 1. The maximum absolute atomic E-state index is 6.72. The first-order valence-electron chi connectivity index (χ1n) is 7.13. The fourth-order valence-electron chi connectivity index (χ4n) is 3.13. The summed E-state index contributed by atoms with van der Waals surface area (Å²) in [6.07, 6.45) is 3.24. The van der Waals surface area contributed by atoms with Crippen LogP contribution < -0.4 is 4.74 Å². The van der Waals surface area contributed by atoms with Crippen LogP contribution in [-0.4, -0.2) is 7.11 Å². The molecular weight excluding hydrogens is 268 g/mol. The van der Waals surface area contributed by atoms with Crippen LogP contribution >= 0.6 is 11.6 Å². The smallest absolute Gasteiger partial charge is 0.122 e. The van der Waals surface area contributed by atoms with E-state index in [-0.39, 0.29) is 5.38 Å². The molecule has 0 saturated heterocycles. The molecule has 1 aliphatic rings. The first-order valence-corrected chi connectivity index (χ1v) is 7.57. The zero-order chi connectivity index (χ0) is 13.9. The molecule has 2 unspecified atom stereocenters. The molecule has 3 rings (SSSR count). The Kier molecular flexibility index (Phi) is 3.98. The van der Waals surface area contributed by atoms with Crippen LogP contribution in [0.4, 0.5) is 0 Å². The van der Waals surface area contributed by atoms with Crippen LogP contribution in [0.25, 0.3) is 0 Å². The first-order chi connectivity index (χ1) is 9.79. The highest BCUT2D eigenvalue weighted by molar-refractivity contribution is 6.21. The molecule has 0 aromatic heterocycles. The molecule has 2 aromatic rings. The molecule has 104 valence electrons. The molecule has 0 N–H and O–H groups in total. The lowest BCUT2D eigenvalue weighted by molar-refractivity contribution is 0.394. The van der Waals surface area contributed by atoms with Gasteiger partial charge in [-0.2, -0.15) is 0 Å². The second-order valence-corrected chi connectivity index (χ2v) is 5.89. The van der Waals surface area contributed by atoms with Crippen molar-refractivity contribution >= 4 is 11.6 Å². The number of fused-ring (bicyclic) bond motifs is 1. The van der Waals surface area contributed by atoms with Gasteiger partial charge >= 0.3 is 0 Å². The van der Waals surface area contributed by atoms with E-state index in [1.165, 1.54) is 16.7 Å². The summed E-state index contributed by atoms with van der Waals surface area (Å²) in [5, 5.41) is 0.102. The van der Waals surface area contributed by atoms with Gasteiger partial charge in [0.2, 0.25) is 0 Å². The van der Waals surface area contributed by atoms with Crippen LogP contribution in [0.2, 0.25) is 0 Å². The maximum Gasteiger partial charge on any atom is 0.122 e. The highest BCUT2D eigenvalue weighted by atomic mass is 35.5.